The molecule has 3 nitrogen and oxygen atoms in total. The van der Waals surface area contributed by atoms with Crippen molar-refractivity contribution in [2.24, 2.45) is 0 Å². The van der Waals surface area contributed by atoms with Crippen LogP contribution in [-0.2, 0) is 11.2 Å². The molecule has 0 spiro atoms. The van der Waals surface area contributed by atoms with Crippen LogP contribution in [0.15, 0.2) is 42.5 Å². The Morgan fingerprint density at radius 3 is 2.75 bits per heavy atom. The largest absolute Gasteiger partial charge is 0.391 e. The number of amides is 1. The van der Waals surface area contributed by atoms with E-state index in [0.29, 0.717) is 19.4 Å². The van der Waals surface area contributed by atoms with E-state index in [0.717, 1.165) is 22.8 Å². The molecule has 2 aromatic carbocycles. The van der Waals surface area contributed by atoms with Crippen molar-refractivity contribution in [2.45, 2.75) is 32.3 Å². The Bertz CT molecular complexity index is 575. The van der Waals surface area contributed by atoms with Gasteiger partial charge in [-0.25, -0.2) is 0 Å². The van der Waals surface area contributed by atoms with Crippen molar-refractivity contribution in [3.05, 3.63) is 48.0 Å². The second-order valence-corrected chi connectivity index (χ2v) is 5.06. The van der Waals surface area contributed by atoms with E-state index in [1.165, 1.54) is 0 Å². The molecule has 0 aliphatic rings. The zero-order valence-electron chi connectivity index (χ0n) is 11.8. The predicted molar refractivity (Wildman–Crippen MR) is 81.6 cm³/mol. The molecule has 0 saturated carbocycles. The fraction of sp³-hybridized carbons (Fsp3) is 0.353. The van der Waals surface area contributed by atoms with Crippen LogP contribution in [0.4, 0.5) is 0 Å². The minimum atomic E-state index is -0.448. The lowest BCUT2D eigenvalue weighted by molar-refractivity contribution is -0.120. The highest BCUT2D eigenvalue weighted by Gasteiger charge is 2.08. The van der Waals surface area contributed by atoms with Gasteiger partial charge in [0.1, 0.15) is 0 Å². The highest BCUT2D eigenvalue weighted by molar-refractivity contribution is 5.90. The van der Waals surface area contributed by atoms with Crippen LogP contribution in [0, 0.1) is 0 Å². The minimum Gasteiger partial charge on any atom is -0.391 e. The van der Waals surface area contributed by atoms with Gasteiger partial charge in [-0.1, -0.05) is 55.8 Å². The molecule has 1 amide bonds. The van der Waals surface area contributed by atoms with E-state index in [1.54, 1.807) is 0 Å². The number of carbonyl (C=O) groups is 1. The van der Waals surface area contributed by atoms with Crippen molar-refractivity contribution < 1.29 is 9.90 Å². The zero-order valence-corrected chi connectivity index (χ0v) is 11.8. The van der Waals surface area contributed by atoms with Crippen molar-refractivity contribution in [2.75, 3.05) is 6.54 Å². The van der Waals surface area contributed by atoms with E-state index < -0.39 is 6.10 Å². The summed E-state index contributed by atoms with van der Waals surface area (Å²) in [5.74, 6) is -0.0449. The summed E-state index contributed by atoms with van der Waals surface area (Å²) in [5.41, 5.74) is 1.02. The van der Waals surface area contributed by atoms with Crippen molar-refractivity contribution >= 4 is 16.7 Å². The molecule has 2 aromatic rings. The van der Waals surface area contributed by atoms with Crippen LogP contribution >= 0.6 is 0 Å². The molecule has 0 aromatic heterocycles. The van der Waals surface area contributed by atoms with Gasteiger partial charge in [-0.05, 0) is 22.8 Å². The molecule has 106 valence electrons. The van der Waals surface area contributed by atoms with Gasteiger partial charge >= 0.3 is 0 Å². The van der Waals surface area contributed by atoms with Crippen LogP contribution in [0.3, 0.4) is 0 Å². The maximum Gasteiger partial charge on any atom is 0.224 e. The first-order chi connectivity index (χ1) is 9.70. The van der Waals surface area contributed by atoms with Crippen molar-refractivity contribution in [3.63, 3.8) is 0 Å². The molecule has 0 bridgehead atoms. The number of nitrogens with one attached hydrogen (secondary N) is 1. The third kappa shape index (κ3) is 3.81. The van der Waals surface area contributed by atoms with Crippen molar-refractivity contribution in [1.82, 2.24) is 5.32 Å². The Kier molecular flexibility index (Phi) is 5.13. The average Bonchev–Trinajstić information content (AvgIpc) is 2.46. The number of hydrogen-bond acceptors (Lipinski definition) is 2. The van der Waals surface area contributed by atoms with Crippen LogP contribution in [0.2, 0.25) is 0 Å². The molecule has 2 rings (SSSR count). The van der Waals surface area contributed by atoms with Gasteiger partial charge in [0, 0.05) is 6.54 Å². The Morgan fingerprint density at radius 2 is 1.95 bits per heavy atom. The summed E-state index contributed by atoms with van der Waals surface area (Å²) in [5, 5.41) is 14.7. The van der Waals surface area contributed by atoms with E-state index in [1.807, 2.05) is 49.4 Å². The molecular weight excluding hydrogens is 250 g/mol. The van der Waals surface area contributed by atoms with Gasteiger partial charge in [-0.3, -0.25) is 4.79 Å². The fourth-order valence-corrected chi connectivity index (χ4v) is 2.35. The minimum absolute atomic E-state index is 0.0449. The second-order valence-electron chi connectivity index (χ2n) is 5.06. The smallest absolute Gasteiger partial charge is 0.224 e. The van der Waals surface area contributed by atoms with E-state index in [2.05, 4.69) is 5.32 Å². The molecule has 2 N–H and O–H groups in total. The lowest BCUT2D eigenvalue weighted by Crippen LogP contribution is -2.33. The molecular formula is C17H21NO2. The maximum atomic E-state index is 11.9. The first-order valence-corrected chi connectivity index (χ1v) is 7.12. The van der Waals surface area contributed by atoms with Gasteiger partial charge < -0.3 is 10.4 Å². The van der Waals surface area contributed by atoms with Crippen LogP contribution in [0.25, 0.3) is 10.8 Å². The zero-order chi connectivity index (χ0) is 14.4. The lowest BCUT2D eigenvalue weighted by Gasteiger charge is -2.11. The van der Waals surface area contributed by atoms with Crippen LogP contribution < -0.4 is 5.32 Å². The van der Waals surface area contributed by atoms with Crippen LogP contribution in [-0.4, -0.2) is 23.7 Å². The van der Waals surface area contributed by atoms with Crippen molar-refractivity contribution in [1.29, 1.82) is 0 Å². The van der Waals surface area contributed by atoms with Gasteiger partial charge in [0.15, 0.2) is 0 Å². The molecule has 0 fully saturated rings. The SMILES string of the molecule is CCCC(O)CNC(=O)Cc1cccc2ccccc12. The summed E-state index contributed by atoms with van der Waals surface area (Å²) < 4.78 is 0. The molecule has 1 atom stereocenters. The number of carbonyl (C=O) groups excluding carboxylic acids is 1. The van der Waals surface area contributed by atoms with Gasteiger partial charge in [0.05, 0.1) is 12.5 Å². The van der Waals surface area contributed by atoms with Gasteiger partial charge in [-0.2, -0.15) is 0 Å². The van der Waals surface area contributed by atoms with E-state index in [4.69, 9.17) is 0 Å². The number of rotatable bonds is 6. The van der Waals surface area contributed by atoms with Gasteiger partial charge in [-0.15, -0.1) is 0 Å². The monoisotopic (exact) mass is 271 g/mol. The average molecular weight is 271 g/mol. The van der Waals surface area contributed by atoms with E-state index in [-0.39, 0.29) is 5.91 Å². The van der Waals surface area contributed by atoms with Crippen LogP contribution in [0.1, 0.15) is 25.3 Å². The molecule has 0 aliphatic heterocycles. The van der Waals surface area contributed by atoms with Crippen molar-refractivity contribution in [3.8, 4) is 0 Å². The summed E-state index contributed by atoms with van der Waals surface area (Å²) in [4.78, 5) is 11.9. The number of aliphatic hydroxyl groups excluding tert-OH is 1. The third-order valence-electron chi connectivity index (χ3n) is 3.39. The van der Waals surface area contributed by atoms with E-state index >= 15 is 0 Å². The summed E-state index contributed by atoms with van der Waals surface area (Å²) >= 11 is 0. The maximum absolute atomic E-state index is 11.9. The summed E-state index contributed by atoms with van der Waals surface area (Å²) in [6.07, 6.45) is 1.53. The molecule has 3 heteroatoms. The number of aliphatic hydroxyl groups is 1. The Labute approximate surface area is 119 Å². The standard InChI is InChI=1S/C17H21NO2/c1-2-6-15(19)12-18-17(20)11-14-9-5-8-13-7-3-4-10-16(13)14/h3-5,7-10,15,19H,2,6,11-12H2,1H3,(H,18,20). The van der Waals surface area contributed by atoms with Gasteiger partial charge in [0.2, 0.25) is 5.91 Å². The number of hydrogen-bond donors (Lipinski definition) is 2. The Hall–Kier alpha value is -1.87. The molecule has 0 radical (unpaired) electrons. The highest BCUT2D eigenvalue weighted by Crippen LogP contribution is 2.18. The molecule has 1 unspecified atom stereocenters. The molecule has 0 aliphatic carbocycles. The molecule has 0 heterocycles. The molecule has 20 heavy (non-hydrogen) atoms. The number of benzene rings is 2. The topological polar surface area (TPSA) is 49.3 Å². The second kappa shape index (κ2) is 7.06. The number of fused-ring (bicyclic) bond motifs is 1. The van der Waals surface area contributed by atoms with Crippen LogP contribution in [0.5, 0.6) is 0 Å². The lowest BCUT2D eigenvalue weighted by atomic mass is 10.0. The summed E-state index contributed by atoms with van der Waals surface area (Å²) in [6, 6.07) is 14.0. The summed E-state index contributed by atoms with van der Waals surface area (Å²) in [6.45, 7) is 2.35. The third-order valence-corrected chi connectivity index (χ3v) is 3.39. The first kappa shape index (κ1) is 14.5. The van der Waals surface area contributed by atoms with E-state index in [9.17, 15) is 9.90 Å². The normalized spacial score (nSPS) is 12.3. The fourth-order valence-electron chi connectivity index (χ4n) is 2.35. The highest BCUT2D eigenvalue weighted by atomic mass is 16.3. The Morgan fingerprint density at radius 1 is 1.20 bits per heavy atom. The Balaban J connectivity index is 1.99. The molecule has 0 saturated heterocycles. The van der Waals surface area contributed by atoms with Gasteiger partial charge in [0.25, 0.3) is 0 Å². The summed E-state index contributed by atoms with van der Waals surface area (Å²) in [7, 11) is 0. The first-order valence-electron chi connectivity index (χ1n) is 7.12. The quantitative estimate of drug-likeness (QED) is 0.848. The predicted octanol–water partition coefficient (Wildman–Crippen LogP) is 2.66.